The van der Waals surface area contributed by atoms with Gasteiger partial charge in [-0.1, -0.05) is 42.5 Å². The maximum Gasteiger partial charge on any atom is 0.228 e. The predicted molar refractivity (Wildman–Crippen MR) is 136 cm³/mol. The molecule has 3 aromatic carbocycles. The maximum atomic E-state index is 5.28. The number of anilines is 3. The zero-order valence-corrected chi connectivity index (χ0v) is 18.9. The van der Waals surface area contributed by atoms with E-state index in [1.165, 1.54) is 11.3 Å². The molecule has 1 saturated heterocycles. The van der Waals surface area contributed by atoms with Crippen LogP contribution in [0.4, 0.5) is 17.5 Å². The normalized spacial score (nSPS) is 13.8. The summed E-state index contributed by atoms with van der Waals surface area (Å²) in [7, 11) is 1.70. The average Bonchev–Trinajstić information content (AvgIpc) is 2.89. The van der Waals surface area contributed by atoms with E-state index in [9.17, 15) is 0 Å². The van der Waals surface area contributed by atoms with Gasteiger partial charge in [0.1, 0.15) is 11.6 Å². The highest BCUT2D eigenvalue weighted by molar-refractivity contribution is 5.90. The van der Waals surface area contributed by atoms with Gasteiger partial charge in [-0.3, -0.25) is 0 Å². The number of fused-ring (bicyclic) bond motifs is 1. The highest BCUT2D eigenvalue weighted by Gasteiger charge is 2.20. The summed E-state index contributed by atoms with van der Waals surface area (Å²) in [4.78, 5) is 14.5. The van der Waals surface area contributed by atoms with Crippen molar-refractivity contribution in [2.75, 3.05) is 55.0 Å². The summed E-state index contributed by atoms with van der Waals surface area (Å²) in [5.41, 5.74) is 3.51. The number of nitrogens with zero attached hydrogens (tertiary/aromatic N) is 4. The number of hydrogen-bond acceptors (Lipinski definition) is 6. The van der Waals surface area contributed by atoms with E-state index in [0.29, 0.717) is 0 Å². The second-order valence-corrected chi connectivity index (χ2v) is 8.22. The van der Waals surface area contributed by atoms with Crippen LogP contribution in [0.2, 0.25) is 0 Å². The average molecular weight is 440 g/mol. The van der Waals surface area contributed by atoms with Crippen LogP contribution in [-0.4, -0.2) is 49.8 Å². The van der Waals surface area contributed by atoms with Gasteiger partial charge >= 0.3 is 0 Å². The molecule has 168 valence electrons. The zero-order chi connectivity index (χ0) is 22.5. The van der Waals surface area contributed by atoms with Gasteiger partial charge in [-0.15, -0.1) is 0 Å². The van der Waals surface area contributed by atoms with Gasteiger partial charge in [0, 0.05) is 43.8 Å². The van der Waals surface area contributed by atoms with Crippen LogP contribution in [0.15, 0.2) is 78.9 Å². The number of benzene rings is 3. The molecule has 1 N–H and O–H groups in total. The quantitative estimate of drug-likeness (QED) is 0.454. The molecule has 0 aliphatic carbocycles. The van der Waals surface area contributed by atoms with Crippen molar-refractivity contribution >= 4 is 28.4 Å². The Labute approximate surface area is 194 Å². The zero-order valence-electron chi connectivity index (χ0n) is 18.9. The van der Waals surface area contributed by atoms with E-state index in [1.54, 1.807) is 7.11 Å². The first-order valence-corrected chi connectivity index (χ1v) is 11.5. The first-order valence-electron chi connectivity index (χ1n) is 11.5. The topological polar surface area (TPSA) is 53.5 Å². The van der Waals surface area contributed by atoms with Crippen molar-refractivity contribution in [2.24, 2.45) is 0 Å². The van der Waals surface area contributed by atoms with E-state index in [4.69, 9.17) is 14.7 Å². The molecule has 2 heterocycles. The summed E-state index contributed by atoms with van der Waals surface area (Å²) in [5.74, 6) is 2.59. The summed E-state index contributed by atoms with van der Waals surface area (Å²) in [5, 5.41) is 4.62. The van der Waals surface area contributed by atoms with Crippen LogP contribution in [0.5, 0.6) is 5.75 Å². The van der Waals surface area contributed by atoms with Crippen molar-refractivity contribution in [3.8, 4) is 5.75 Å². The number of ether oxygens (including phenoxy) is 1. The van der Waals surface area contributed by atoms with Crippen molar-refractivity contribution in [1.29, 1.82) is 0 Å². The van der Waals surface area contributed by atoms with E-state index in [-0.39, 0.29) is 0 Å². The van der Waals surface area contributed by atoms with Gasteiger partial charge in [-0.2, -0.15) is 4.98 Å². The third kappa shape index (κ3) is 4.85. The highest BCUT2D eigenvalue weighted by Crippen LogP contribution is 2.26. The van der Waals surface area contributed by atoms with E-state index < -0.39 is 0 Å². The van der Waals surface area contributed by atoms with Crippen molar-refractivity contribution in [3.05, 3.63) is 84.4 Å². The second kappa shape index (κ2) is 9.77. The van der Waals surface area contributed by atoms with E-state index in [0.717, 1.165) is 67.6 Å². The summed E-state index contributed by atoms with van der Waals surface area (Å²) < 4.78 is 5.28. The molecule has 1 aromatic heterocycles. The molecule has 1 aliphatic heterocycles. The summed E-state index contributed by atoms with van der Waals surface area (Å²) >= 11 is 0. The van der Waals surface area contributed by atoms with Gasteiger partial charge in [0.2, 0.25) is 5.95 Å². The number of piperazine rings is 1. The van der Waals surface area contributed by atoms with Crippen LogP contribution in [-0.2, 0) is 6.42 Å². The SMILES string of the molecule is COc1ccc(N2CCN(c3nc(NCCc4ccccc4)c4ccccc4n3)CC2)cc1. The largest absolute Gasteiger partial charge is 0.497 e. The smallest absolute Gasteiger partial charge is 0.228 e. The number of rotatable bonds is 7. The van der Waals surface area contributed by atoms with Crippen LogP contribution in [0.3, 0.4) is 0 Å². The van der Waals surface area contributed by atoms with Crippen molar-refractivity contribution in [2.45, 2.75) is 6.42 Å². The number of para-hydroxylation sites is 1. The predicted octanol–water partition coefficient (Wildman–Crippen LogP) is 4.62. The van der Waals surface area contributed by atoms with Gasteiger partial charge in [0.25, 0.3) is 0 Å². The van der Waals surface area contributed by atoms with Crippen molar-refractivity contribution in [3.63, 3.8) is 0 Å². The van der Waals surface area contributed by atoms with Crippen LogP contribution in [0.25, 0.3) is 10.9 Å². The molecule has 0 atom stereocenters. The molecule has 6 heteroatoms. The highest BCUT2D eigenvalue weighted by atomic mass is 16.5. The third-order valence-corrected chi connectivity index (χ3v) is 6.14. The van der Waals surface area contributed by atoms with Gasteiger partial charge in [0.05, 0.1) is 12.6 Å². The Morgan fingerprint density at radius 3 is 2.24 bits per heavy atom. The lowest BCUT2D eigenvalue weighted by molar-refractivity contribution is 0.415. The number of hydrogen-bond donors (Lipinski definition) is 1. The minimum Gasteiger partial charge on any atom is -0.497 e. The molecule has 0 amide bonds. The minimum atomic E-state index is 0.797. The molecule has 0 spiro atoms. The molecule has 0 bridgehead atoms. The Bertz CT molecular complexity index is 1190. The molecule has 6 nitrogen and oxygen atoms in total. The lowest BCUT2D eigenvalue weighted by atomic mass is 10.1. The molecule has 4 aromatic rings. The third-order valence-electron chi connectivity index (χ3n) is 6.14. The fourth-order valence-corrected chi connectivity index (χ4v) is 4.27. The van der Waals surface area contributed by atoms with Gasteiger partial charge < -0.3 is 19.9 Å². The molecular formula is C27H29N5O. The molecule has 0 radical (unpaired) electrons. The molecule has 0 unspecified atom stereocenters. The van der Waals surface area contributed by atoms with Crippen LogP contribution < -0.4 is 19.9 Å². The summed E-state index contributed by atoms with van der Waals surface area (Å²) in [6, 6.07) is 27.0. The fraction of sp³-hybridized carbons (Fsp3) is 0.259. The Kier molecular flexibility index (Phi) is 6.24. The van der Waals surface area contributed by atoms with Crippen LogP contribution in [0, 0.1) is 0 Å². The Morgan fingerprint density at radius 1 is 0.788 bits per heavy atom. The number of nitrogens with one attached hydrogen (secondary N) is 1. The molecule has 33 heavy (non-hydrogen) atoms. The van der Waals surface area contributed by atoms with Crippen molar-refractivity contribution < 1.29 is 4.74 Å². The number of aromatic nitrogens is 2. The molecular weight excluding hydrogens is 410 g/mol. The Morgan fingerprint density at radius 2 is 1.48 bits per heavy atom. The first kappa shape index (κ1) is 21.1. The maximum absolute atomic E-state index is 5.28. The first-order chi connectivity index (χ1) is 16.3. The van der Waals surface area contributed by atoms with Crippen molar-refractivity contribution in [1.82, 2.24) is 9.97 Å². The summed E-state index contributed by atoms with van der Waals surface area (Å²) in [6.07, 6.45) is 0.953. The van der Waals surface area contributed by atoms with E-state index in [2.05, 4.69) is 69.7 Å². The summed E-state index contributed by atoms with van der Waals surface area (Å²) in [6.45, 7) is 4.45. The Balaban J connectivity index is 1.30. The minimum absolute atomic E-state index is 0.797. The molecule has 5 rings (SSSR count). The molecule has 1 aliphatic rings. The fourth-order valence-electron chi connectivity index (χ4n) is 4.27. The molecule has 1 fully saturated rings. The monoisotopic (exact) mass is 439 g/mol. The van der Waals surface area contributed by atoms with Gasteiger partial charge in [-0.25, -0.2) is 4.98 Å². The standard InChI is InChI=1S/C27H29N5O/c1-33-23-13-11-22(12-14-23)31-17-19-32(20-18-31)27-29-25-10-6-5-9-24(25)26(30-27)28-16-15-21-7-3-2-4-8-21/h2-14H,15-20H2,1H3,(H,28,29,30). The Hall–Kier alpha value is -3.80. The lowest BCUT2D eigenvalue weighted by Crippen LogP contribution is -2.47. The van der Waals surface area contributed by atoms with Gasteiger partial charge in [-0.05, 0) is 48.4 Å². The van der Waals surface area contributed by atoms with E-state index in [1.807, 2.05) is 24.3 Å². The molecule has 0 saturated carbocycles. The van der Waals surface area contributed by atoms with Gasteiger partial charge in [0.15, 0.2) is 0 Å². The lowest BCUT2D eigenvalue weighted by Gasteiger charge is -2.36. The van der Waals surface area contributed by atoms with Crippen LogP contribution >= 0.6 is 0 Å². The van der Waals surface area contributed by atoms with Crippen LogP contribution in [0.1, 0.15) is 5.56 Å². The number of methoxy groups -OCH3 is 1. The van der Waals surface area contributed by atoms with E-state index >= 15 is 0 Å². The second-order valence-electron chi connectivity index (χ2n) is 8.22.